The lowest BCUT2D eigenvalue weighted by atomic mass is 9.99. The zero-order valence-corrected chi connectivity index (χ0v) is 14.4. The molecule has 0 radical (unpaired) electrons. The number of fused-ring (bicyclic) bond motifs is 2. The number of nitrogens with zero attached hydrogens (tertiary/aromatic N) is 3. The molecule has 0 unspecified atom stereocenters. The van der Waals surface area contributed by atoms with Crippen LogP contribution >= 0.6 is 0 Å². The predicted octanol–water partition coefficient (Wildman–Crippen LogP) is 3.69. The number of aromatic nitrogens is 1. The molecule has 28 heavy (non-hydrogen) atoms. The fourth-order valence-corrected chi connectivity index (χ4v) is 3.45. The number of carbonyl (C=O) groups excluding carboxylic acids is 2. The molecule has 8 heteroatoms. The van der Waals surface area contributed by atoms with E-state index in [-0.39, 0.29) is 29.7 Å². The number of H-pyrrole nitrogens is 1. The van der Waals surface area contributed by atoms with E-state index < -0.39 is 5.91 Å². The number of hydrogen-bond donors (Lipinski definition) is 3. The number of para-hydroxylation sites is 2. The number of rotatable bonds is 1. The Morgan fingerprint density at radius 1 is 1.00 bits per heavy atom. The van der Waals surface area contributed by atoms with Crippen LogP contribution in [0, 0.1) is 0 Å². The molecule has 8 nitrogen and oxygen atoms in total. The van der Waals surface area contributed by atoms with Crippen molar-refractivity contribution in [2.24, 2.45) is 15.2 Å². The summed E-state index contributed by atoms with van der Waals surface area (Å²) in [4.78, 5) is 31.5. The number of aromatic amines is 1. The van der Waals surface area contributed by atoms with Crippen LogP contribution in [0.3, 0.4) is 0 Å². The van der Waals surface area contributed by atoms with Crippen molar-refractivity contribution in [1.82, 2.24) is 4.98 Å². The minimum Gasteiger partial charge on any atom is -0.493 e. The quantitative estimate of drug-likeness (QED) is 0.447. The minimum absolute atomic E-state index is 0.0997. The van der Waals surface area contributed by atoms with Crippen LogP contribution in [0.4, 0.5) is 11.4 Å². The van der Waals surface area contributed by atoms with Crippen LogP contribution in [-0.2, 0) is 9.59 Å². The molecule has 0 atom stereocenters. The van der Waals surface area contributed by atoms with Gasteiger partial charge in [0.2, 0.25) is 5.88 Å². The van der Waals surface area contributed by atoms with E-state index in [4.69, 9.17) is 0 Å². The number of aliphatic imine (C=N–C) groups is 1. The highest BCUT2D eigenvalue weighted by molar-refractivity contribution is 6.37. The molecule has 136 valence electrons. The minimum atomic E-state index is -0.501. The summed E-state index contributed by atoms with van der Waals surface area (Å²) >= 11 is 0. The standard InChI is InChI=1S/C20H13N5O3/c26-18-12(16-10-5-1-3-7-13(10)21-19(16)27)9-15(23-18)24-25-17-11-6-2-4-8-14(11)22-20(17)28/h1-8,22,28H,9H2,(H,21,27)/b16-12+,25-24?. The average molecular weight is 371 g/mol. The highest BCUT2D eigenvalue weighted by atomic mass is 16.3. The largest absolute Gasteiger partial charge is 0.493 e. The van der Waals surface area contributed by atoms with E-state index >= 15 is 0 Å². The first kappa shape index (κ1) is 16.1. The maximum absolute atomic E-state index is 12.4. The second-order valence-electron chi connectivity index (χ2n) is 6.43. The summed E-state index contributed by atoms with van der Waals surface area (Å²) < 4.78 is 0. The predicted molar refractivity (Wildman–Crippen MR) is 104 cm³/mol. The van der Waals surface area contributed by atoms with Gasteiger partial charge in [0.15, 0.2) is 11.5 Å². The van der Waals surface area contributed by atoms with Crippen molar-refractivity contribution in [3.63, 3.8) is 0 Å². The van der Waals surface area contributed by atoms with Gasteiger partial charge in [-0.3, -0.25) is 9.59 Å². The Morgan fingerprint density at radius 2 is 1.79 bits per heavy atom. The first-order valence-corrected chi connectivity index (χ1v) is 8.59. The van der Waals surface area contributed by atoms with Gasteiger partial charge in [0.25, 0.3) is 11.8 Å². The van der Waals surface area contributed by atoms with Gasteiger partial charge in [-0.15, -0.1) is 10.2 Å². The lowest BCUT2D eigenvalue weighted by Crippen LogP contribution is -2.08. The highest BCUT2D eigenvalue weighted by Gasteiger charge is 2.33. The summed E-state index contributed by atoms with van der Waals surface area (Å²) in [7, 11) is 0. The number of hydrogen-bond acceptors (Lipinski definition) is 5. The number of azo groups is 1. The molecule has 0 spiro atoms. The summed E-state index contributed by atoms with van der Waals surface area (Å²) in [5.41, 5.74) is 2.96. The van der Waals surface area contributed by atoms with E-state index in [2.05, 4.69) is 25.5 Å². The topological polar surface area (TPSA) is 119 Å². The lowest BCUT2D eigenvalue weighted by Gasteiger charge is -2.00. The van der Waals surface area contributed by atoms with Gasteiger partial charge < -0.3 is 15.4 Å². The Hall–Kier alpha value is -4.07. The third kappa shape index (κ3) is 2.43. The molecule has 0 saturated heterocycles. The Labute approximate surface area is 158 Å². The molecule has 0 aliphatic carbocycles. The second-order valence-corrected chi connectivity index (χ2v) is 6.43. The molecule has 1 aromatic heterocycles. The number of nitrogens with one attached hydrogen (secondary N) is 2. The Morgan fingerprint density at radius 3 is 2.68 bits per heavy atom. The van der Waals surface area contributed by atoms with Gasteiger partial charge >= 0.3 is 0 Å². The van der Waals surface area contributed by atoms with E-state index in [0.29, 0.717) is 27.8 Å². The van der Waals surface area contributed by atoms with Crippen molar-refractivity contribution < 1.29 is 14.7 Å². The molecule has 3 aromatic rings. The van der Waals surface area contributed by atoms with Crippen molar-refractivity contribution in [3.8, 4) is 5.88 Å². The van der Waals surface area contributed by atoms with Crippen LogP contribution in [-0.4, -0.2) is 27.7 Å². The van der Waals surface area contributed by atoms with Gasteiger partial charge in [-0.1, -0.05) is 36.4 Å². The van der Waals surface area contributed by atoms with Gasteiger partial charge in [0.1, 0.15) is 0 Å². The first-order valence-electron chi connectivity index (χ1n) is 8.59. The third-order valence-corrected chi connectivity index (χ3v) is 4.72. The molecule has 0 bridgehead atoms. The van der Waals surface area contributed by atoms with E-state index in [9.17, 15) is 14.7 Å². The van der Waals surface area contributed by atoms with E-state index in [1.54, 1.807) is 24.3 Å². The van der Waals surface area contributed by atoms with Crippen LogP contribution in [0.5, 0.6) is 5.88 Å². The zero-order valence-electron chi connectivity index (χ0n) is 14.4. The molecule has 0 fully saturated rings. The van der Waals surface area contributed by atoms with Gasteiger partial charge in [-0.05, 0) is 12.1 Å². The smallest absolute Gasteiger partial charge is 0.276 e. The third-order valence-electron chi connectivity index (χ3n) is 4.72. The van der Waals surface area contributed by atoms with Gasteiger partial charge in [-0.25, -0.2) is 0 Å². The Kier molecular flexibility index (Phi) is 3.45. The SMILES string of the molecule is O=C1N=C(N=Nc2c(O)[nH]c3ccccc23)C/C1=C1\C(=O)Nc2ccccc21. The number of benzene rings is 2. The maximum Gasteiger partial charge on any atom is 0.276 e. The summed E-state index contributed by atoms with van der Waals surface area (Å²) in [5.74, 6) is -0.752. The molecular weight excluding hydrogens is 358 g/mol. The number of amidine groups is 1. The van der Waals surface area contributed by atoms with E-state index in [1.807, 2.05) is 24.3 Å². The fourth-order valence-electron chi connectivity index (χ4n) is 3.45. The highest BCUT2D eigenvalue weighted by Crippen LogP contribution is 2.38. The number of amides is 2. The normalized spacial score (nSPS) is 18.8. The molecule has 5 rings (SSSR count). The molecule has 3 heterocycles. The lowest BCUT2D eigenvalue weighted by molar-refractivity contribution is -0.115. The molecule has 2 aliphatic rings. The van der Waals surface area contributed by atoms with Gasteiger partial charge in [0, 0.05) is 28.6 Å². The van der Waals surface area contributed by atoms with E-state index in [0.717, 1.165) is 5.52 Å². The van der Waals surface area contributed by atoms with Crippen LogP contribution in [0.2, 0.25) is 0 Å². The molecule has 2 aliphatic heterocycles. The number of carbonyl (C=O) groups is 2. The summed E-state index contributed by atoms with van der Waals surface area (Å²) in [6.07, 6.45) is 0.0997. The van der Waals surface area contributed by atoms with Crippen molar-refractivity contribution in [3.05, 3.63) is 59.7 Å². The fraction of sp³-hybridized carbons (Fsp3) is 0.0500. The molecule has 2 aromatic carbocycles. The molecule has 3 N–H and O–H groups in total. The van der Waals surface area contributed by atoms with Gasteiger partial charge in [-0.2, -0.15) is 4.99 Å². The van der Waals surface area contributed by atoms with Crippen LogP contribution < -0.4 is 5.32 Å². The first-order chi connectivity index (χ1) is 13.6. The molecule has 0 saturated carbocycles. The molecular formula is C20H13N5O3. The van der Waals surface area contributed by atoms with Gasteiger partial charge in [0.05, 0.1) is 11.1 Å². The van der Waals surface area contributed by atoms with Crippen molar-refractivity contribution >= 4 is 45.5 Å². The zero-order chi connectivity index (χ0) is 19.3. The summed E-state index contributed by atoms with van der Waals surface area (Å²) in [6.45, 7) is 0. The van der Waals surface area contributed by atoms with Crippen molar-refractivity contribution in [2.75, 3.05) is 5.32 Å². The monoisotopic (exact) mass is 371 g/mol. The molecule has 2 amide bonds. The summed E-state index contributed by atoms with van der Waals surface area (Å²) in [6, 6.07) is 14.4. The maximum atomic E-state index is 12.4. The van der Waals surface area contributed by atoms with Crippen molar-refractivity contribution in [2.45, 2.75) is 6.42 Å². The van der Waals surface area contributed by atoms with Crippen LogP contribution in [0.1, 0.15) is 12.0 Å². The summed E-state index contributed by atoms with van der Waals surface area (Å²) in [5, 5.41) is 21.6. The van der Waals surface area contributed by atoms with Crippen LogP contribution in [0.25, 0.3) is 16.5 Å². The second kappa shape index (κ2) is 5.98. The average Bonchev–Trinajstić information content (AvgIpc) is 3.31. The van der Waals surface area contributed by atoms with Crippen molar-refractivity contribution in [1.29, 1.82) is 0 Å². The number of anilines is 1. The Balaban J connectivity index is 1.49. The van der Waals surface area contributed by atoms with E-state index in [1.165, 1.54) is 0 Å². The number of aromatic hydroxyl groups is 1. The van der Waals surface area contributed by atoms with Crippen LogP contribution in [0.15, 0.2) is 69.3 Å². The Bertz CT molecular complexity index is 1270.